The first-order valence-corrected chi connectivity index (χ1v) is 7.81. The molecule has 2 N–H and O–H groups in total. The molecule has 20 heavy (non-hydrogen) atoms. The first kappa shape index (κ1) is 21.4. The van der Waals surface area contributed by atoms with Gasteiger partial charge in [0.25, 0.3) is 0 Å². The van der Waals surface area contributed by atoms with Crippen LogP contribution >= 0.6 is 22.6 Å². The molecule has 0 amide bonds. The fraction of sp³-hybridized carbons (Fsp3) is 0.769. The Bertz CT molecular complexity index is 289. The van der Waals surface area contributed by atoms with Crippen LogP contribution in [-0.4, -0.2) is 39.7 Å². The zero-order valence-corrected chi connectivity index (χ0v) is 14.3. The molecule has 0 rings (SSSR count). The number of ether oxygens (including phenoxy) is 1. The lowest BCUT2D eigenvalue weighted by Gasteiger charge is -2.05. The second-order valence-electron chi connectivity index (χ2n) is 4.66. The van der Waals surface area contributed by atoms with Crippen molar-refractivity contribution in [3.05, 3.63) is 0 Å². The van der Waals surface area contributed by atoms with Gasteiger partial charge in [-0.25, -0.2) is 0 Å². The second kappa shape index (κ2) is 13.1. The average molecular weight is 402 g/mol. The first-order valence-electron chi connectivity index (χ1n) is 6.29. The number of aliphatic carboxylic acids is 2. The van der Waals surface area contributed by atoms with Gasteiger partial charge in [0.05, 0.1) is 7.11 Å². The summed E-state index contributed by atoms with van der Waals surface area (Å²) in [5.74, 6) is -1.82. The van der Waals surface area contributed by atoms with Crippen LogP contribution < -0.4 is 0 Å². The molecule has 0 saturated carbocycles. The summed E-state index contributed by atoms with van der Waals surface area (Å²) in [6, 6.07) is 0. The number of carbonyl (C=O) groups is 3. The van der Waals surface area contributed by atoms with Crippen LogP contribution in [0.15, 0.2) is 0 Å². The molecule has 0 aromatic carbocycles. The Balaban J connectivity index is 0. The lowest BCUT2D eigenvalue weighted by atomic mass is 10.1. The fourth-order valence-electron chi connectivity index (χ4n) is 1.32. The van der Waals surface area contributed by atoms with E-state index in [-0.39, 0.29) is 24.7 Å². The minimum atomic E-state index is -0.950. The Hall–Kier alpha value is -0.860. The predicted octanol–water partition coefficient (Wildman–Crippen LogP) is 2.58. The lowest BCUT2D eigenvalue weighted by molar-refractivity contribution is -0.142. The predicted molar refractivity (Wildman–Crippen MR) is 83.0 cm³/mol. The Labute approximate surface area is 133 Å². The Morgan fingerprint density at radius 1 is 1.00 bits per heavy atom. The number of carboxylic acid groups (broad SMARTS) is 2. The van der Waals surface area contributed by atoms with Crippen molar-refractivity contribution >= 4 is 40.5 Å². The van der Waals surface area contributed by atoms with Gasteiger partial charge in [-0.05, 0) is 22.7 Å². The molecule has 0 aliphatic rings. The molecule has 0 spiro atoms. The van der Waals surface area contributed by atoms with Gasteiger partial charge in [-0.1, -0.05) is 36.4 Å². The molecule has 0 bridgehead atoms. The van der Waals surface area contributed by atoms with Crippen molar-refractivity contribution in [1.29, 1.82) is 0 Å². The smallest absolute Gasteiger partial charge is 0.305 e. The van der Waals surface area contributed by atoms with Gasteiger partial charge in [0.2, 0.25) is 0 Å². The highest BCUT2D eigenvalue weighted by Gasteiger charge is 2.10. The summed E-state index contributed by atoms with van der Waals surface area (Å²) < 4.78 is 5.63. The van der Waals surface area contributed by atoms with Gasteiger partial charge in [-0.15, -0.1) is 0 Å². The van der Waals surface area contributed by atoms with Crippen molar-refractivity contribution in [2.45, 2.75) is 39.5 Å². The normalized spacial score (nSPS) is 11.2. The van der Waals surface area contributed by atoms with Crippen LogP contribution in [0.3, 0.4) is 0 Å². The van der Waals surface area contributed by atoms with Crippen molar-refractivity contribution in [3.8, 4) is 0 Å². The molecule has 0 saturated heterocycles. The number of halogens is 1. The van der Waals surface area contributed by atoms with Crippen LogP contribution in [0.5, 0.6) is 0 Å². The highest BCUT2D eigenvalue weighted by Crippen LogP contribution is 2.09. The molecule has 0 radical (unpaired) electrons. The molecule has 0 aliphatic carbocycles. The van der Waals surface area contributed by atoms with Crippen LogP contribution in [0.2, 0.25) is 0 Å². The van der Waals surface area contributed by atoms with Crippen molar-refractivity contribution in [2.24, 2.45) is 11.8 Å². The first-order chi connectivity index (χ1) is 9.22. The lowest BCUT2D eigenvalue weighted by Crippen LogP contribution is -2.08. The summed E-state index contributed by atoms with van der Waals surface area (Å²) in [6.07, 6.45) is 1.49. The van der Waals surface area contributed by atoms with E-state index in [1.807, 2.05) is 0 Å². The van der Waals surface area contributed by atoms with Crippen molar-refractivity contribution in [3.63, 3.8) is 0 Å². The molecular formula is C13H23IO6. The highest BCUT2D eigenvalue weighted by molar-refractivity contribution is 14.1. The van der Waals surface area contributed by atoms with E-state index in [4.69, 9.17) is 10.2 Å². The summed E-state index contributed by atoms with van der Waals surface area (Å²) in [6.45, 7) is 3.66. The second-order valence-corrected chi connectivity index (χ2v) is 5.74. The van der Waals surface area contributed by atoms with E-state index in [1.165, 1.54) is 7.11 Å². The summed E-state index contributed by atoms with van der Waals surface area (Å²) >= 11 is 2.31. The van der Waals surface area contributed by atoms with Crippen molar-refractivity contribution in [2.75, 3.05) is 11.5 Å². The number of rotatable bonds is 8. The highest BCUT2D eigenvalue weighted by atomic mass is 127. The summed E-state index contributed by atoms with van der Waals surface area (Å²) in [7, 11) is 1.43. The monoisotopic (exact) mass is 402 g/mol. The van der Waals surface area contributed by atoms with E-state index in [9.17, 15) is 14.4 Å². The zero-order chi connectivity index (χ0) is 16.1. The molecule has 0 aliphatic heterocycles. The number of carbonyl (C=O) groups excluding carboxylic acids is 1. The fourth-order valence-corrected chi connectivity index (χ4v) is 2.39. The van der Waals surface area contributed by atoms with Crippen molar-refractivity contribution < 1.29 is 29.3 Å². The van der Waals surface area contributed by atoms with Gasteiger partial charge in [0.1, 0.15) is 0 Å². The number of carboxylic acids is 2. The molecule has 7 heteroatoms. The molecule has 6 nitrogen and oxygen atoms in total. The van der Waals surface area contributed by atoms with Crippen LogP contribution in [0, 0.1) is 11.8 Å². The third kappa shape index (κ3) is 17.1. The van der Waals surface area contributed by atoms with E-state index in [0.29, 0.717) is 12.3 Å². The number of methoxy groups -OCH3 is 1. The number of hydrogen-bond donors (Lipinski definition) is 2. The van der Waals surface area contributed by atoms with E-state index < -0.39 is 11.9 Å². The van der Waals surface area contributed by atoms with Crippen LogP contribution in [0.1, 0.15) is 39.5 Å². The molecular weight excluding hydrogens is 379 g/mol. The summed E-state index contributed by atoms with van der Waals surface area (Å²) in [5.41, 5.74) is 0. The minimum absolute atomic E-state index is 0.0771. The van der Waals surface area contributed by atoms with Gasteiger partial charge in [0.15, 0.2) is 0 Å². The van der Waals surface area contributed by atoms with Gasteiger partial charge in [0, 0.05) is 19.3 Å². The minimum Gasteiger partial charge on any atom is -0.481 e. The van der Waals surface area contributed by atoms with Crippen LogP contribution in [0.4, 0.5) is 0 Å². The molecule has 118 valence electrons. The average Bonchev–Trinajstić information content (AvgIpc) is 2.27. The van der Waals surface area contributed by atoms with Gasteiger partial charge >= 0.3 is 17.9 Å². The maximum atomic E-state index is 10.7. The summed E-state index contributed by atoms with van der Waals surface area (Å²) in [4.78, 5) is 30.7. The van der Waals surface area contributed by atoms with E-state index in [0.717, 1.165) is 10.8 Å². The summed E-state index contributed by atoms with van der Waals surface area (Å²) in [5, 5.41) is 16.4. The Morgan fingerprint density at radius 2 is 1.45 bits per heavy atom. The topological polar surface area (TPSA) is 101 Å². The molecule has 0 fully saturated rings. The number of hydrogen-bond acceptors (Lipinski definition) is 4. The van der Waals surface area contributed by atoms with Crippen LogP contribution in [-0.2, 0) is 19.1 Å². The maximum absolute atomic E-state index is 10.7. The van der Waals surface area contributed by atoms with E-state index in [1.54, 1.807) is 6.92 Å². The standard InChI is InChI=1S/C7H13IO2.C6H10O4/c1-6(3-4-8)5-7(9)10-2;1-4(2-5(7)8)3-6(9)10/h6H,3-5H2,1-2H3;4H,2-3H2,1H3,(H,7,8)(H,9,10). The van der Waals surface area contributed by atoms with Crippen molar-refractivity contribution in [1.82, 2.24) is 0 Å². The van der Waals surface area contributed by atoms with Crippen LogP contribution in [0.25, 0.3) is 0 Å². The van der Waals surface area contributed by atoms with Gasteiger partial charge < -0.3 is 14.9 Å². The molecule has 0 aromatic rings. The molecule has 1 atom stereocenters. The van der Waals surface area contributed by atoms with Gasteiger partial charge in [-0.3, -0.25) is 14.4 Å². The Morgan fingerprint density at radius 3 is 1.75 bits per heavy atom. The maximum Gasteiger partial charge on any atom is 0.305 e. The number of alkyl halides is 1. The molecule has 0 aromatic heterocycles. The van der Waals surface area contributed by atoms with E-state index in [2.05, 4.69) is 34.3 Å². The number of esters is 1. The largest absolute Gasteiger partial charge is 0.481 e. The van der Waals surface area contributed by atoms with Gasteiger partial charge in [-0.2, -0.15) is 0 Å². The van der Waals surface area contributed by atoms with E-state index >= 15 is 0 Å². The zero-order valence-electron chi connectivity index (χ0n) is 12.1. The third-order valence-electron chi connectivity index (χ3n) is 2.39. The molecule has 1 unspecified atom stereocenters. The molecule has 0 heterocycles. The SMILES string of the molecule is CC(CC(=O)O)CC(=O)O.COC(=O)CC(C)CCI. The quantitative estimate of drug-likeness (QED) is 0.368. The Kier molecular flexibility index (Phi) is 14.1. The third-order valence-corrected chi connectivity index (χ3v) is 3.01.